The Morgan fingerprint density at radius 1 is 0.703 bits per heavy atom. The fourth-order valence-electron chi connectivity index (χ4n) is 4.47. The summed E-state index contributed by atoms with van der Waals surface area (Å²) in [6, 6.07) is 13.2. The highest BCUT2D eigenvalue weighted by Gasteiger charge is 2.30. The van der Waals surface area contributed by atoms with E-state index in [1.54, 1.807) is 24.3 Å². The van der Waals surface area contributed by atoms with Crippen molar-refractivity contribution in [1.82, 2.24) is 10.6 Å². The van der Waals surface area contributed by atoms with Crippen LogP contribution in [0.5, 0.6) is 11.5 Å². The second-order valence-corrected chi connectivity index (χ2v) is 14.4. The third-order valence-corrected chi connectivity index (χ3v) is 10.2. The lowest BCUT2D eigenvalue weighted by Gasteiger charge is -2.26. The molecule has 0 aromatic heterocycles. The van der Waals surface area contributed by atoms with E-state index in [1.807, 2.05) is 38.1 Å². The molecule has 12 heteroatoms. The molecule has 0 spiro atoms. The smallest absolute Gasteiger partial charge is 0.410 e. The zero-order valence-electron chi connectivity index (χ0n) is 20.6. The third-order valence-electron chi connectivity index (χ3n) is 6.68. The van der Waals surface area contributed by atoms with Gasteiger partial charge in [0.1, 0.15) is 11.5 Å². The maximum absolute atomic E-state index is 12.1. The Morgan fingerprint density at radius 2 is 1.05 bits per heavy atom. The lowest BCUT2D eigenvalue weighted by Crippen LogP contribution is -2.37. The lowest BCUT2D eigenvalue weighted by atomic mass is 9.78. The van der Waals surface area contributed by atoms with Crippen molar-refractivity contribution in [3.63, 3.8) is 0 Å². The summed E-state index contributed by atoms with van der Waals surface area (Å²) in [6.45, 7) is 4.05. The molecular formula is C25H30N2O8S2. The van der Waals surface area contributed by atoms with Crippen LogP contribution in [-0.4, -0.2) is 64.1 Å². The van der Waals surface area contributed by atoms with Gasteiger partial charge in [0.15, 0.2) is 19.7 Å². The molecule has 2 aliphatic heterocycles. The highest BCUT2D eigenvalue weighted by atomic mass is 32.2. The van der Waals surface area contributed by atoms with E-state index in [4.69, 9.17) is 9.47 Å². The number of hydrogen-bond acceptors (Lipinski definition) is 8. The van der Waals surface area contributed by atoms with Gasteiger partial charge in [-0.2, -0.15) is 0 Å². The highest BCUT2D eigenvalue weighted by molar-refractivity contribution is 7.91. The predicted octanol–water partition coefficient (Wildman–Crippen LogP) is 2.56. The van der Waals surface area contributed by atoms with Gasteiger partial charge in [0.05, 0.1) is 23.0 Å². The van der Waals surface area contributed by atoms with Crippen LogP contribution in [0.4, 0.5) is 9.59 Å². The number of benzene rings is 2. The summed E-state index contributed by atoms with van der Waals surface area (Å²) in [5.74, 6) is 0.651. The molecule has 0 aliphatic carbocycles. The first-order chi connectivity index (χ1) is 17.3. The van der Waals surface area contributed by atoms with E-state index < -0.39 is 49.4 Å². The van der Waals surface area contributed by atoms with Crippen LogP contribution in [0.1, 0.15) is 37.8 Å². The van der Waals surface area contributed by atoms with Gasteiger partial charge in [0.2, 0.25) is 0 Å². The van der Waals surface area contributed by atoms with Gasteiger partial charge in [-0.05, 0) is 48.2 Å². The molecule has 4 rings (SSSR count). The molecule has 0 saturated carbocycles. The average Bonchev–Trinajstić information content (AvgIpc) is 3.33. The molecule has 2 N–H and O–H groups in total. The molecule has 2 saturated heterocycles. The van der Waals surface area contributed by atoms with E-state index in [0.29, 0.717) is 24.3 Å². The minimum atomic E-state index is -3.10. The molecule has 2 amide bonds. The monoisotopic (exact) mass is 550 g/mol. The number of rotatable bonds is 6. The van der Waals surface area contributed by atoms with Gasteiger partial charge >= 0.3 is 12.2 Å². The van der Waals surface area contributed by atoms with Crippen LogP contribution in [0.15, 0.2) is 48.5 Å². The molecule has 2 aliphatic rings. The van der Waals surface area contributed by atoms with Crippen LogP contribution in [0, 0.1) is 0 Å². The maximum Gasteiger partial charge on any atom is 0.412 e. The van der Waals surface area contributed by atoms with Crippen LogP contribution >= 0.6 is 0 Å². The van der Waals surface area contributed by atoms with E-state index in [-0.39, 0.29) is 23.0 Å². The zero-order chi connectivity index (χ0) is 26.8. The Kier molecular flexibility index (Phi) is 7.52. The molecule has 0 unspecified atom stereocenters. The normalized spacial score (nSPS) is 22.2. The first-order valence-electron chi connectivity index (χ1n) is 11.9. The van der Waals surface area contributed by atoms with Crippen LogP contribution in [0.25, 0.3) is 0 Å². The number of carbonyl (C=O) groups is 2. The Bertz CT molecular complexity index is 1260. The van der Waals surface area contributed by atoms with E-state index in [0.717, 1.165) is 11.1 Å². The van der Waals surface area contributed by atoms with E-state index >= 15 is 0 Å². The quantitative estimate of drug-likeness (QED) is 0.558. The van der Waals surface area contributed by atoms with Gasteiger partial charge in [-0.15, -0.1) is 0 Å². The summed E-state index contributed by atoms with van der Waals surface area (Å²) in [7, 11) is -6.20. The van der Waals surface area contributed by atoms with Crippen molar-refractivity contribution in [2.75, 3.05) is 23.0 Å². The number of amides is 2. The molecule has 2 heterocycles. The average molecular weight is 551 g/mol. The molecule has 0 bridgehead atoms. The number of ether oxygens (including phenoxy) is 2. The third kappa shape index (κ3) is 7.01. The van der Waals surface area contributed by atoms with E-state index in [9.17, 15) is 26.4 Å². The summed E-state index contributed by atoms with van der Waals surface area (Å²) < 4.78 is 56.8. The van der Waals surface area contributed by atoms with Gasteiger partial charge in [0, 0.05) is 17.5 Å². The number of nitrogens with one attached hydrogen (secondary N) is 2. The number of sulfone groups is 2. The van der Waals surface area contributed by atoms with Crippen LogP contribution in [0.2, 0.25) is 0 Å². The first-order valence-corrected chi connectivity index (χ1v) is 15.5. The molecule has 2 aromatic carbocycles. The summed E-state index contributed by atoms with van der Waals surface area (Å²) in [5, 5.41) is 5.18. The molecule has 10 nitrogen and oxygen atoms in total. The van der Waals surface area contributed by atoms with Crippen LogP contribution < -0.4 is 20.1 Å². The van der Waals surface area contributed by atoms with Gasteiger partial charge in [-0.1, -0.05) is 38.1 Å². The van der Waals surface area contributed by atoms with Crippen molar-refractivity contribution < 1.29 is 35.9 Å². The summed E-state index contributed by atoms with van der Waals surface area (Å²) >= 11 is 0. The standard InChI is InChI=1S/C25H30N2O8S2/c1-25(2,17-3-7-21(8-4-17)34-23(28)26-19-11-13-36(30,31)15-19)18-5-9-22(10-6-18)35-24(29)27-20-12-14-37(32,33)16-20/h3-10,19-20H,11-16H2,1-2H3,(H,26,28)(H,27,29)/t19-,20+. The van der Waals surface area contributed by atoms with Crippen LogP contribution in [-0.2, 0) is 25.1 Å². The fourth-order valence-corrected chi connectivity index (χ4v) is 7.82. The van der Waals surface area contributed by atoms with Gasteiger partial charge in [0.25, 0.3) is 0 Å². The largest absolute Gasteiger partial charge is 0.412 e. The van der Waals surface area contributed by atoms with Crippen molar-refractivity contribution in [3.8, 4) is 11.5 Å². The summed E-state index contributed by atoms with van der Waals surface area (Å²) in [6.07, 6.45) is -0.625. The van der Waals surface area contributed by atoms with Gasteiger partial charge in [-0.25, -0.2) is 26.4 Å². The second kappa shape index (κ2) is 10.3. The molecule has 2 aromatic rings. The van der Waals surface area contributed by atoms with Gasteiger partial charge in [-0.3, -0.25) is 0 Å². The highest BCUT2D eigenvalue weighted by Crippen LogP contribution is 2.33. The Hall–Kier alpha value is -3.12. The molecular weight excluding hydrogens is 520 g/mol. The maximum atomic E-state index is 12.1. The van der Waals surface area contributed by atoms with Crippen molar-refractivity contribution in [3.05, 3.63) is 59.7 Å². The van der Waals surface area contributed by atoms with Crippen molar-refractivity contribution in [1.29, 1.82) is 0 Å². The van der Waals surface area contributed by atoms with Crippen molar-refractivity contribution in [2.45, 2.75) is 44.2 Å². The molecule has 37 heavy (non-hydrogen) atoms. The Morgan fingerprint density at radius 3 is 1.35 bits per heavy atom. The van der Waals surface area contributed by atoms with Gasteiger partial charge < -0.3 is 20.1 Å². The Labute approximate surface area is 216 Å². The number of carbonyl (C=O) groups excluding carboxylic acids is 2. The van der Waals surface area contributed by atoms with Crippen molar-refractivity contribution >= 4 is 31.9 Å². The summed E-state index contributed by atoms with van der Waals surface area (Å²) in [4.78, 5) is 24.2. The topological polar surface area (TPSA) is 145 Å². The molecule has 2 atom stereocenters. The zero-order valence-corrected chi connectivity index (χ0v) is 22.2. The fraction of sp³-hybridized carbons (Fsp3) is 0.440. The first kappa shape index (κ1) is 26.9. The molecule has 200 valence electrons. The van der Waals surface area contributed by atoms with Crippen molar-refractivity contribution in [2.24, 2.45) is 0 Å². The minimum absolute atomic E-state index is 0.0644. The molecule has 0 radical (unpaired) electrons. The van der Waals surface area contributed by atoms with E-state index in [1.165, 1.54) is 0 Å². The minimum Gasteiger partial charge on any atom is -0.410 e. The second-order valence-electron chi connectivity index (χ2n) is 9.94. The lowest BCUT2D eigenvalue weighted by molar-refractivity contribution is 0.196. The Balaban J connectivity index is 1.32. The predicted molar refractivity (Wildman–Crippen MR) is 137 cm³/mol. The SMILES string of the molecule is CC(C)(c1ccc(OC(=O)N[C@@H]2CCS(=O)(=O)C2)cc1)c1ccc(OC(=O)N[C@H]2CCS(=O)(=O)C2)cc1. The van der Waals surface area contributed by atoms with E-state index in [2.05, 4.69) is 10.6 Å². The summed E-state index contributed by atoms with van der Waals surface area (Å²) in [5.41, 5.74) is 1.49. The number of hydrogen-bond donors (Lipinski definition) is 2. The van der Waals surface area contributed by atoms with Crippen LogP contribution in [0.3, 0.4) is 0 Å². The molecule has 2 fully saturated rings.